The molecule has 0 radical (unpaired) electrons. The molecule has 0 fully saturated rings. The van der Waals surface area contributed by atoms with Gasteiger partial charge in [0, 0.05) is 0 Å². The van der Waals surface area contributed by atoms with E-state index in [2.05, 4.69) is 15.9 Å². The summed E-state index contributed by atoms with van der Waals surface area (Å²) in [5.74, 6) is 0. The van der Waals surface area contributed by atoms with E-state index in [0.29, 0.717) is 0 Å². The Morgan fingerprint density at radius 1 is 1.71 bits per heavy atom. The van der Waals surface area contributed by atoms with Crippen molar-refractivity contribution in [3.8, 4) is 0 Å². The minimum absolute atomic E-state index is 0. The van der Waals surface area contributed by atoms with Crippen LogP contribution in [0.2, 0.25) is 0 Å². The molecule has 0 atom stereocenters. The Morgan fingerprint density at radius 2 is 2.43 bits per heavy atom. The van der Waals surface area contributed by atoms with Crippen molar-refractivity contribution in [1.82, 2.24) is 0 Å². The minimum Gasteiger partial charge on any atom is -1.00 e. The molecular weight excluding hydrogens is 183 g/mol. The quantitative estimate of drug-likeness (QED) is 0.486. The Balaban J connectivity index is 0. The Morgan fingerprint density at radius 3 is 2.57 bits per heavy atom. The zero-order valence-corrected chi connectivity index (χ0v) is 8.42. The van der Waals surface area contributed by atoms with Crippen LogP contribution in [0.25, 0.3) is 0 Å². The molecule has 0 amide bonds. The Hall–Kier alpha value is 1.18. The zero-order valence-electron chi connectivity index (χ0n) is 5.02. The van der Waals surface area contributed by atoms with Gasteiger partial charge in [-0.15, -0.1) is 11.3 Å². The zero-order chi connectivity index (χ0) is 4.41. The molecule has 0 saturated carbocycles. The van der Waals surface area contributed by atoms with E-state index in [4.69, 9.17) is 0 Å². The molecule has 0 aliphatic carbocycles. The van der Waals surface area contributed by atoms with Crippen LogP contribution in [0.4, 0.5) is 0 Å². The molecular formula is C4H4BrNaS. The molecule has 0 unspecified atom stereocenters. The first-order valence-electron chi connectivity index (χ1n) is 1.58. The standard InChI is InChI=1S/C4H3BrS.Na.H/c5-4-2-1-3-6-4;;/h1-3H;;/q;+1;-1. The molecule has 0 aliphatic heterocycles. The Kier molecular flexibility index (Phi) is 4.79. The van der Waals surface area contributed by atoms with Crippen LogP contribution in [-0.2, 0) is 0 Å². The van der Waals surface area contributed by atoms with Gasteiger partial charge in [-0.25, -0.2) is 0 Å². The van der Waals surface area contributed by atoms with E-state index < -0.39 is 0 Å². The predicted molar refractivity (Wildman–Crippen MR) is 33.1 cm³/mol. The molecule has 0 spiro atoms. The summed E-state index contributed by atoms with van der Waals surface area (Å²) in [4.78, 5) is 0. The van der Waals surface area contributed by atoms with Crippen molar-refractivity contribution in [1.29, 1.82) is 0 Å². The summed E-state index contributed by atoms with van der Waals surface area (Å²) in [5.41, 5.74) is 0. The van der Waals surface area contributed by atoms with Crippen molar-refractivity contribution >= 4 is 27.3 Å². The molecule has 3 heteroatoms. The van der Waals surface area contributed by atoms with Gasteiger partial charge < -0.3 is 1.43 Å². The van der Waals surface area contributed by atoms with E-state index in [1.54, 1.807) is 11.3 Å². The third kappa shape index (κ3) is 2.88. The third-order valence-corrected chi connectivity index (χ3v) is 1.97. The molecule has 34 valence electrons. The molecule has 7 heavy (non-hydrogen) atoms. The van der Waals surface area contributed by atoms with Crippen molar-refractivity contribution in [2.45, 2.75) is 0 Å². The topological polar surface area (TPSA) is 0 Å². The summed E-state index contributed by atoms with van der Waals surface area (Å²) in [5, 5.41) is 2.03. The van der Waals surface area contributed by atoms with Crippen molar-refractivity contribution in [2.75, 3.05) is 0 Å². The van der Waals surface area contributed by atoms with Gasteiger partial charge in [-0.05, 0) is 27.4 Å². The van der Waals surface area contributed by atoms with Gasteiger partial charge in [0.15, 0.2) is 0 Å². The summed E-state index contributed by atoms with van der Waals surface area (Å²) >= 11 is 4.99. The second-order valence-electron chi connectivity index (χ2n) is 0.917. The number of hydrogen-bond donors (Lipinski definition) is 0. The van der Waals surface area contributed by atoms with Crippen LogP contribution in [0.15, 0.2) is 21.3 Å². The minimum atomic E-state index is 0. The molecule has 0 bridgehead atoms. The van der Waals surface area contributed by atoms with E-state index in [0.717, 1.165) is 0 Å². The first-order valence-corrected chi connectivity index (χ1v) is 3.26. The van der Waals surface area contributed by atoms with Crippen molar-refractivity contribution < 1.29 is 31.0 Å². The summed E-state index contributed by atoms with van der Waals surface area (Å²) in [6, 6.07) is 4.03. The molecule has 0 aromatic carbocycles. The fourth-order valence-electron chi connectivity index (χ4n) is 0.259. The van der Waals surface area contributed by atoms with Gasteiger partial charge in [0.2, 0.25) is 0 Å². The van der Waals surface area contributed by atoms with Gasteiger partial charge >= 0.3 is 29.6 Å². The van der Waals surface area contributed by atoms with Gasteiger partial charge in [-0.1, -0.05) is 6.07 Å². The molecule has 0 nitrogen and oxygen atoms in total. The Bertz CT molecular complexity index is 120. The van der Waals surface area contributed by atoms with Crippen molar-refractivity contribution in [3.05, 3.63) is 21.3 Å². The number of halogens is 1. The smallest absolute Gasteiger partial charge is 1.00 e. The van der Waals surface area contributed by atoms with Crippen LogP contribution in [0, 0.1) is 0 Å². The maximum atomic E-state index is 3.30. The Labute approximate surface area is 78.8 Å². The monoisotopic (exact) mass is 186 g/mol. The summed E-state index contributed by atoms with van der Waals surface area (Å²) in [6.07, 6.45) is 0. The SMILES string of the molecule is Brc1cccs1.[H-].[Na+]. The van der Waals surface area contributed by atoms with Gasteiger partial charge in [-0.2, -0.15) is 0 Å². The van der Waals surface area contributed by atoms with Crippen LogP contribution in [-0.4, -0.2) is 0 Å². The van der Waals surface area contributed by atoms with Crippen LogP contribution in [0.3, 0.4) is 0 Å². The van der Waals surface area contributed by atoms with E-state index in [9.17, 15) is 0 Å². The second kappa shape index (κ2) is 4.10. The summed E-state index contributed by atoms with van der Waals surface area (Å²) < 4.78 is 1.20. The van der Waals surface area contributed by atoms with Gasteiger partial charge in [0.05, 0.1) is 3.79 Å². The maximum Gasteiger partial charge on any atom is 1.00 e. The largest absolute Gasteiger partial charge is 1.00 e. The first kappa shape index (κ1) is 8.18. The molecule has 1 rings (SSSR count). The van der Waals surface area contributed by atoms with Gasteiger partial charge in [-0.3, -0.25) is 0 Å². The molecule has 0 saturated heterocycles. The number of hydrogen-bond acceptors (Lipinski definition) is 1. The van der Waals surface area contributed by atoms with E-state index >= 15 is 0 Å². The average Bonchev–Trinajstić information content (AvgIpc) is 1.86. The number of thiophene rings is 1. The summed E-state index contributed by atoms with van der Waals surface area (Å²) in [6.45, 7) is 0. The van der Waals surface area contributed by atoms with Crippen LogP contribution in [0.1, 0.15) is 1.43 Å². The summed E-state index contributed by atoms with van der Waals surface area (Å²) in [7, 11) is 0. The van der Waals surface area contributed by atoms with Crippen LogP contribution in [0.5, 0.6) is 0 Å². The van der Waals surface area contributed by atoms with E-state index in [1.807, 2.05) is 17.5 Å². The second-order valence-corrected chi connectivity index (χ2v) is 3.24. The molecule has 0 aliphatic rings. The fraction of sp³-hybridized carbons (Fsp3) is 0. The molecule has 1 aromatic heterocycles. The van der Waals surface area contributed by atoms with Crippen LogP contribution >= 0.6 is 27.3 Å². The van der Waals surface area contributed by atoms with Gasteiger partial charge in [0.1, 0.15) is 0 Å². The molecule has 1 aromatic rings. The van der Waals surface area contributed by atoms with Gasteiger partial charge in [0.25, 0.3) is 0 Å². The normalized spacial score (nSPS) is 7.57. The maximum absolute atomic E-state index is 3.30. The van der Waals surface area contributed by atoms with E-state index in [-0.39, 0.29) is 31.0 Å². The van der Waals surface area contributed by atoms with Crippen molar-refractivity contribution in [2.24, 2.45) is 0 Å². The average molecular weight is 187 g/mol. The molecule has 0 N–H and O–H groups in total. The first-order chi connectivity index (χ1) is 2.89. The third-order valence-electron chi connectivity index (χ3n) is 0.486. The molecule has 1 heterocycles. The fourth-order valence-corrected chi connectivity index (χ4v) is 1.18. The number of rotatable bonds is 0. The predicted octanol–water partition coefficient (Wildman–Crippen LogP) is -0.373. The van der Waals surface area contributed by atoms with E-state index in [1.165, 1.54) is 3.79 Å². The van der Waals surface area contributed by atoms with Crippen LogP contribution < -0.4 is 29.6 Å². The van der Waals surface area contributed by atoms with Crippen molar-refractivity contribution in [3.63, 3.8) is 0 Å².